The van der Waals surface area contributed by atoms with Crippen molar-refractivity contribution < 1.29 is 28.3 Å². The molecule has 1 aromatic rings. The lowest BCUT2D eigenvalue weighted by Crippen LogP contribution is -2.53. The Morgan fingerprint density at radius 2 is 1.63 bits per heavy atom. The van der Waals surface area contributed by atoms with E-state index in [1.54, 1.807) is 0 Å². The maximum absolute atomic E-state index is 14.9. The summed E-state index contributed by atoms with van der Waals surface area (Å²) in [5.41, 5.74) is 10.00. The molecule has 13 heteroatoms. The molecule has 1 N–H and O–H groups in total. The molecule has 0 saturated carbocycles. The first-order valence-corrected chi connectivity index (χ1v) is 25.4. The van der Waals surface area contributed by atoms with Crippen molar-refractivity contribution in [3.63, 3.8) is 0 Å². The van der Waals surface area contributed by atoms with Crippen molar-refractivity contribution in [1.82, 2.24) is 4.98 Å². The molecule has 10 nitrogen and oxygen atoms in total. The molecule has 1 aliphatic rings. The number of rotatable bonds is 13. The van der Waals surface area contributed by atoms with Gasteiger partial charge in [0.05, 0.1) is 41.5 Å². The van der Waals surface area contributed by atoms with E-state index < -0.39 is 58.3 Å². The molecule has 1 saturated heterocycles. The van der Waals surface area contributed by atoms with E-state index >= 15 is 0 Å². The number of aliphatic hydroxyl groups is 1. The van der Waals surface area contributed by atoms with Gasteiger partial charge >= 0.3 is 5.97 Å². The predicted octanol–water partition coefficient (Wildman–Crippen LogP) is 10.4. The minimum Gasteiger partial charge on any atom is -0.458 e. The molecule has 1 aromatic heterocycles. The summed E-state index contributed by atoms with van der Waals surface area (Å²) in [7, 11) is -4.41. The Hall–Kier alpha value is -1.87. The van der Waals surface area contributed by atoms with Gasteiger partial charge in [-0.1, -0.05) is 80.8 Å². The molecule has 0 aromatic carbocycles. The van der Waals surface area contributed by atoms with E-state index in [-0.39, 0.29) is 30.6 Å². The number of carbonyl (C=O) groups excluding carboxylic acids is 2. The number of hydrogen-bond acceptors (Lipinski definition) is 9. The summed E-state index contributed by atoms with van der Waals surface area (Å²) >= 11 is 1.53. The first-order chi connectivity index (χ1) is 24.0. The van der Waals surface area contributed by atoms with Gasteiger partial charge in [-0.15, -0.1) is 11.3 Å². The molecule has 290 valence electrons. The van der Waals surface area contributed by atoms with Crippen LogP contribution in [0.1, 0.15) is 119 Å². The zero-order valence-electron chi connectivity index (χ0n) is 33.7. The molecular weight excluding hydrogens is 697 g/mol. The minimum atomic E-state index is -2.29. The lowest BCUT2D eigenvalue weighted by Gasteiger charge is -2.44. The second-order valence-electron chi connectivity index (χ2n) is 15.4. The molecule has 2 heterocycles. The molecule has 1 aliphatic heterocycles. The Labute approximate surface area is 314 Å². The lowest BCUT2D eigenvalue weighted by molar-refractivity contribution is -0.154. The molecule has 7 atom stereocenters. The fourth-order valence-corrected chi connectivity index (χ4v) is 14.2. The van der Waals surface area contributed by atoms with Gasteiger partial charge in [-0.2, -0.15) is 0 Å². The highest BCUT2D eigenvalue weighted by Crippen LogP contribution is 2.40. The third kappa shape index (κ3) is 12.1. The van der Waals surface area contributed by atoms with E-state index in [0.29, 0.717) is 12.8 Å². The average molecular weight is 765 g/mol. The minimum absolute atomic E-state index is 0.0357. The molecule has 1 fully saturated rings. The monoisotopic (exact) mass is 764 g/mol. The van der Waals surface area contributed by atoms with Crippen LogP contribution in [0.15, 0.2) is 16.1 Å². The Morgan fingerprint density at radius 3 is 2.14 bits per heavy atom. The SMILES string of the molecule is CC[Si](CC)(CC)O[C@H]1CC(=O)OC(C(C)=Cc2csc(C)n2)C[C@H](N=[N+]=[N-])[C@H](O)CCCC(C)[C@H](O[Si](CC)(CC)CC)[C@@H](C)C(=O)C1(C)C. The Morgan fingerprint density at radius 1 is 1.06 bits per heavy atom. The van der Waals surface area contributed by atoms with E-state index in [2.05, 4.69) is 63.5 Å². The molecule has 51 heavy (non-hydrogen) atoms. The summed E-state index contributed by atoms with van der Waals surface area (Å²) in [6, 6.07) is 4.69. The first-order valence-electron chi connectivity index (χ1n) is 19.4. The number of ether oxygens (including phenoxy) is 1. The summed E-state index contributed by atoms with van der Waals surface area (Å²) in [5, 5.41) is 18.3. The van der Waals surface area contributed by atoms with Crippen LogP contribution in [-0.4, -0.2) is 68.9 Å². The van der Waals surface area contributed by atoms with Crippen molar-refractivity contribution in [2.45, 2.75) is 182 Å². The number of hydrogen-bond donors (Lipinski definition) is 1. The van der Waals surface area contributed by atoms with Gasteiger partial charge in [-0.25, -0.2) is 4.98 Å². The fourth-order valence-electron chi connectivity index (χ4n) is 7.67. The largest absolute Gasteiger partial charge is 0.458 e. The van der Waals surface area contributed by atoms with Crippen LogP contribution in [0.4, 0.5) is 0 Å². The van der Waals surface area contributed by atoms with E-state index in [0.717, 1.165) is 59.0 Å². The van der Waals surface area contributed by atoms with Crippen molar-refractivity contribution in [2.75, 3.05) is 0 Å². The average Bonchev–Trinajstić information content (AvgIpc) is 3.53. The van der Waals surface area contributed by atoms with Crippen LogP contribution in [0.3, 0.4) is 0 Å². The van der Waals surface area contributed by atoms with Crippen LogP contribution >= 0.6 is 11.3 Å². The number of Topliss-reactive ketones (excluding diaryl/α,β-unsaturated/α-hetero) is 1. The van der Waals surface area contributed by atoms with E-state index in [1.165, 1.54) is 11.3 Å². The van der Waals surface area contributed by atoms with Gasteiger partial charge in [0.1, 0.15) is 11.9 Å². The van der Waals surface area contributed by atoms with Gasteiger partial charge in [0.25, 0.3) is 0 Å². The molecule has 0 amide bonds. The standard InChI is InChI=1S/C38H68N4O6SSi2/c1-13-50(14-2,15-3)47-34-24-35(44)46-33(27(8)22-30-25-49-29(10)40-30)23-31(41-42-39)32(43)21-19-20-26(7)36(28(9)37(45)38(34,11)12)48-51(16-4,17-5)18-6/h22,25-26,28,31-34,36,43H,13-21,23-24H2,1-12H3/t26?,28-,31+,32-,33?,34+,36+/m1/s1. The quantitative estimate of drug-likeness (QED) is 0.0692. The molecular formula is C38H68N4O6SSi2. The third-order valence-electron chi connectivity index (χ3n) is 12.0. The number of esters is 1. The van der Waals surface area contributed by atoms with Gasteiger partial charge in [-0.05, 0) is 92.5 Å². The van der Waals surface area contributed by atoms with Crippen molar-refractivity contribution >= 4 is 45.8 Å². The number of azide groups is 1. The number of aliphatic hydroxyl groups excluding tert-OH is 1. The second-order valence-corrected chi connectivity index (χ2v) is 25.9. The lowest BCUT2D eigenvalue weighted by atomic mass is 9.73. The molecule has 2 rings (SSSR count). The summed E-state index contributed by atoms with van der Waals surface area (Å²) < 4.78 is 20.5. The van der Waals surface area contributed by atoms with E-state index in [1.807, 2.05) is 46.1 Å². The van der Waals surface area contributed by atoms with E-state index in [4.69, 9.17) is 13.6 Å². The van der Waals surface area contributed by atoms with E-state index in [9.17, 15) is 20.2 Å². The normalized spacial score (nSPS) is 27.9. The van der Waals surface area contributed by atoms with Crippen molar-refractivity contribution in [2.24, 2.45) is 22.4 Å². The number of cyclic esters (lactones) is 1. The maximum atomic E-state index is 14.9. The van der Waals surface area contributed by atoms with Crippen LogP contribution in [0.25, 0.3) is 16.5 Å². The topological polar surface area (TPSA) is 144 Å². The highest BCUT2D eigenvalue weighted by Gasteiger charge is 2.48. The summed E-state index contributed by atoms with van der Waals surface area (Å²) in [5.74, 6) is -0.864. The summed E-state index contributed by atoms with van der Waals surface area (Å²) in [4.78, 5) is 36.7. The van der Waals surface area contributed by atoms with Crippen molar-refractivity contribution in [1.29, 1.82) is 0 Å². The number of ketones is 1. The highest BCUT2D eigenvalue weighted by atomic mass is 32.1. The highest BCUT2D eigenvalue weighted by molar-refractivity contribution is 7.09. The van der Waals surface area contributed by atoms with Crippen molar-refractivity contribution in [3.8, 4) is 0 Å². The Kier molecular flexibility index (Phi) is 18.3. The molecule has 0 spiro atoms. The van der Waals surface area contributed by atoms with Gasteiger partial charge in [0.15, 0.2) is 16.6 Å². The number of aryl methyl sites for hydroxylation is 1. The van der Waals surface area contributed by atoms with Crippen LogP contribution in [0, 0.1) is 24.2 Å². The Balaban J connectivity index is 2.74. The van der Waals surface area contributed by atoms with Crippen LogP contribution < -0.4 is 0 Å². The van der Waals surface area contributed by atoms with Gasteiger partial charge < -0.3 is 18.7 Å². The first kappa shape index (κ1) is 45.3. The smallest absolute Gasteiger partial charge is 0.309 e. The molecule has 2 unspecified atom stereocenters. The van der Waals surface area contributed by atoms with Gasteiger partial charge in [0.2, 0.25) is 0 Å². The molecule has 0 radical (unpaired) electrons. The second kappa shape index (κ2) is 20.6. The zero-order valence-corrected chi connectivity index (χ0v) is 36.5. The summed E-state index contributed by atoms with van der Waals surface area (Å²) in [6.07, 6.45) is 0.938. The molecule has 0 aliphatic carbocycles. The van der Waals surface area contributed by atoms with Gasteiger partial charge in [0, 0.05) is 21.6 Å². The van der Waals surface area contributed by atoms with Crippen molar-refractivity contribution in [3.05, 3.63) is 32.1 Å². The molecule has 0 bridgehead atoms. The van der Waals surface area contributed by atoms with Crippen LogP contribution in [-0.2, 0) is 23.2 Å². The maximum Gasteiger partial charge on any atom is 0.309 e. The van der Waals surface area contributed by atoms with Crippen LogP contribution in [0.2, 0.25) is 36.3 Å². The van der Waals surface area contributed by atoms with Gasteiger partial charge in [-0.3, -0.25) is 9.59 Å². The number of nitrogens with zero attached hydrogens (tertiary/aromatic N) is 4. The predicted molar refractivity (Wildman–Crippen MR) is 214 cm³/mol. The zero-order chi connectivity index (χ0) is 38.6. The third-order valence-corrected chi connectivity index (χ3v) is 22.0. The van der Waals surface area contributed by atoms with Crippen LogP contribution in [0.5, 0.6) is 0 Å². The number of carbonyl (C=O) groups is 2. The Bertz CT molecular complexity index is 1320. The number of aromatic nitrogens is 1. The fraction of sp³-hybridized carbons (Fsp3) is 0.816. The summed E-state index contributed by atoms with van der Waals surface area (Å²) in [6.45, 7) is 24.8. The number of thiazole rings is 1.